The first kappa shape index (κ1) is 16.0. The number of halogens is 2. The highest BCUT2D eigenvalue weighted by Crippen LogP contribution is 2.14. The summed E-state index contributed by atoms with van der Waals surface area (Å²) in [6.45, 7) is 2.14. The Bertz CT molecular complexity index is 520. The number of benzene rings is 1. The van der Waals surface area contributed by atoms with Gasteiger partial charge in [0.2, 0.25) is 10.0 Å². The first-order chi connectivity index (χ1) is 8.90. The van der Waals surface area contributed by atoms with E-state index in [0.717, 1.165) is 25.0 Å². The molecule has 0 spiro atoms. The van der Waals surface area contributed by atoms with Crippen LogP contribution in [0.25, 0.3) is 0 Å². The third-order valence-electron chi connectivity index (χ3n) is 2.71. The van der Waals surface area contributed by atoms with E-state index in [0.29, 0.717) is 12.5 Å². The minimum atomic E-state index is -3.88. The van der Waals surface area contributed by atoms with Gasteiger partial charge < -0.3 is 5.73 Å². The first-order valence-corrected chi connectivity index (χ1v) is 7.56. The van der Waals surface area contributed by atoms with Gasteiger partial charge in [-0.05, 0) is 24.6 Å². The fraction of sp³-hybridized carbons (Fsp3) is 0.500. The number of nitrogens with two attached hydrogens (primary N) is 1. The Balaban J connectivity index is 2.87. The zero-order valence-electron chi connectivity index (χ0n) is 10.7. The van der Waals surface area contributed by atoms with Crippen LogP contribution in [0.3, 0.4) is 0 Å². The fourth-order valence-electron chi connectivity index (χ4n) is 1.61. The second kappa shape index (κ2) is 6.93. The van der Waals surface area contributed by atoms with Crippen LogP contribution >= 0.6 is 0 Å². The average molecular weight is 292 g/mol. The molecule has 1 aromatic rings. The van der Waals surface area contributed by atoms with Gasteiger partial charge in [-0.1, -0.05) is 19.8 Å². The molecule has 3 N–H and O–H groups in total. The molecule has 0 aliphatic carbocycles. The molecular weight excluding hydrogens is 274 g/mol. The van der Waals surface area contributed by atoms with Crippen molar-refractivity contribution in [2.24, 2.45) is 5.73 Å². The van der Waals surface area contributed by atoms with Crippen molar-refractivity contribution in [1.82, 2.24) is 4.72 Å². The average Bonchev–Trinajstić information content (AvgIpc) is 2.37. The van der Waals surface area contributed by atoms with Gasteiger partial charge in [0.05, 0.1) is 4.90 Å². The third kappa shape index (κ3) is 4.52. The van der Waals surface area contributed by atoms with Crippen LogP contribution < -0.4 is 10.5 Å². The molecule has 0 aliphatic heterocycles. The predicted octanol–water partition coefficient (Wildman–Crippen LogP) is 1.76. The standard InChI is InChI=1S/C12H18F2N2O2S/c1-2-3-4-9(8-15)16-19(17,18)10-5-6-11(13)12(14)7-10/h5-7,9,16H,2-4,8,15H2,1H3. The summed E-state index contributed by atoms with van der Waals surface area (Å²) in [4.78, 5) is -0.304. The second-order valence-electron chi connectivity index (χ2n) is 4.27. The van der Waals surface area contributed by atoms with Gasteiger partial charge in [0.1, 0.15) is 0 Å². The van der Waals surface area contributed by atoms with E-state index in [-0.39, 0.29) is 11.4 Å². The molecular formula is C12H18F2N2O2S. The summed E-state index contributed by atoms with van der Waals surface area (Å²) in [5, 5.41) is 0. The molecule has 0 amide bonds. The molecule has 0 fully saturated rings. The van der Waals surface area contributed by atoms with Gasteiger partial charge >= 0.3 is 0 Å². The van der Waals surface area contributed by atoms with Crippen LogP contribution in [-0.4, -0.2) is 21.0 Å². The van der Waals surface area contributed by atoms with Crippen LogP contribution in [0.1, 0.15) is 26.2 Å². The molecule has 19 heavy (non-hydrogen) atoms. The largest absolute Gasteiger partial charge is 0.329 e. The maximum atomic E-state index is 13.0. The molecule has 1 unspecified atom stereocenters. The lowest BCUT2D eigenvalue weighted by atomic mass is 10.1. The van der Waals surface area contributed by atoms with E-state index >= 15 is 0 Å². The van der Waals surface area contributed by atoms with Crippen molar-refractivity contribution < 1.29 is 17.2 Å². The monoisotopic (exact) mass is 292 g/mol. The summed E-state index contributed by atoms with van der Waals surface area (Å²) >= 11 is 0. The van der Waals surface area contributed by atoms with E-state index in [9.17, 15) is 17.2 Å². The van der Waals surface area contributed by atoms with Crippen molar-refractivity contribution in [1.29, 1.82) is 0 Å². The van der Waals surface area contributed by atoms with Gasteiger partial charge in [0.25, 0.3) is 0 Å². The number of hydrogen-bond acceptors (Lipinski definition) is 3. The number of rotatable bonds is 7. The lowest BCUT2D eigenvalue weighted by molar-refractivity contribution is 0.500. The van der Waals surface area contributed by atoms with Gasteiger partial charge in [-0.25, -0.2) is 21.9 Å². The second-order valence-corrected chi connectivity index (χ2v) is 5.99. The van der Waals surface area contributed by atoms with E-state index in [4.69, 9.17) is 5.73 Å². The molecule has 7 heteroatoms. The Labute approximate surface area is 112 Å². The number of nitrogens with one attached hydrogen (secondary N) is 1. The zero-order chi connectivity index (χ0) is 14.5. The predicted molar refractivity (Wildman–Crippen MR) is 69.0 cm³/mol. The summed E-state index contributed by atoms with van der Waals surface area (Å²) in [5.74, 6) is -2.28. The number of sulfonamides is 1. The third-order valence-corrected chi connectivity index (χ3v) is 4.23. The van der Waals surface area contributed by atoms with E-state index in [1.165, 1.54) is 0 Å². The van der Waals surface area contributed by atoms with E-state index < -0.39 is 27.7 Å². The molecule has 0 heterocycles. The smallest absolute Gasteiger partial charge is 0.240 e. The van der Waals surface area contributed by atoms with E-state index in [1.54, 1.807) is 0 Å². The quantitative estimate of drug-likeness (QED) is 0.804. The molecule has 1 atom stereocenters. The molecule has 108 valence electrons. The summed E-state index contributed by atoms with van der Waals surface area (Å²) in [6.07, 6.45) is 2.36. The van der Waals surface area contributed by atoms with Gasteiger partial charge in [-0.3, -0.25) is 0 Å². The maximum Gasteiger partial charge on any atom is 0.240 e. The van der Waals surface area contributed by atoms with Crippen LogP contribution in [0.5, 0.6) is 0 Å². The normalized spacial score (nSPS) is 13.5. The van der Waals surface area contributed by atoms with Crippen molar-refractivity contribution >= 4 is 10.0 Å². The van der Waals surface area contributed by atoms with Crippen molar-refractivity contribution in [2.45, 2.75) is 37.1 Å². The molecule has 0 radical (unpaired) electrons. The maximum absolute atomic E-state index is 13.0. The summed E-state index contributed by atoms with van der Waals surface area (Å²) in [7, 11) is -3.88. The van der Waals surface area contributed by atoms with Crippen molar-refractivity contribution in [2.75, 3.05) is 6.54 Å². The highest BCUT2D eigenvalue weighted by Gasteiger charge is 2.20. The Morgan fingerprint density at radius 2 is 2.00 bits per heavy atom. The van der Waals surface area contributed by atoms with Crippen LogP contribution in [0, 0.1) is 11.6 Å². The van der Waals surface area contributed by atoms with Crippen molar-refractivity contribution in [3.8, 4) is 0 Å². The summed E-state index contributed by atoms with van der Waals surface area (Å²) in [6, 6.07) is 2.06. The van der Waals surface area contributed by atoms with Crippen molar-refractivity contribution in [3.63, 3.8) is 0 Å². The summed E-state index contributed by atoms with van der Waals surface area (Å²) in [5.41, 5.74) is 5.49. The zero-order valence-corrected chi connectivity index (χ0v) is 11.5. The molecule has 1 aromatic carbocycles. The summed E-state index contributed by atoms with van der Waals surface area (Å²) < 4.78 is 52.2. The number of hydrogen-bond donors (Lipinski definition) is 2. The van der Waals surface area contributed by atoms with Gasteiger partial charge in [-0.2, -0.15) is 0 Å². The van der Waals surface area contributed by atoms with Gasteiger partial charge in [0.15, 0.2) is 11.6 Å². The molecule has 0 saturated heterocycles. The van der Waals surface area contributed by atoms with Crippen LogP contribution in [-0.2, 0) is 10.0 Å². The minimum Gasteiger partial charge on any atom is -0.329 e. The molecule has 0 aliphatic rings. The Morgan fingerprint density at radius 1 is 1.32 bits per heavy atom. The molecule has 0 saturated carbocycles. The fourth-order valence-corrected chi connectivity index (χ4v) is 2.90. The molecule has 1 rings (SSSR count). The Hall–Kier alpha value is -1.05. The molecule has 4 nitrogen and oxygen atoms in total. The minimum absolute atomic E-state index is 0.156. The van der Waals surface area contributed by atoms with E-state index in [2.05, 4.69) is 4.72 Å². The number of unbranched alkanes of at least 4 members (excludes halogenated alkanes) is 1. The SMILES string of the molecule is CCCCC(CN)NS(=O)(=O)c1ccc(F)c(F)c1. The van der Waals surface area contributed by atoms with Crippen LogP contribution in [0.2, 0.25) is 0 Å². The molecule has 0 aromatic heterocycles. The highest BCUT2D eigenvalue weighted by molar-refractivity contribution is 7.89. The lowest BCUT2D eigenvalue weighted by Gasteiger charge is -2.16. The Morgan fingerprint density at radius 3 is 2.53 bits per heavy atom. The van der Waals surface area contributed by atoms with Gasteiger partial charge in [0, 0.05) is 12.6 Å². The van der Waals surface area contributed by atoms with Crippen LogP contribution in [0.4, 0.5) is 8.78 Å². The van der Waals surface area contributed by atoms with Crippen molar-refractivity contribution in [3.05, 3.63) is 29.8 Å². The molecule has 0 bridgehead atoms. The van der Waals surface area contributed by atoms with Gasteiger partial charge in [-0.15, -0.1) is 0 Å². The van der Waals surface area contributed by atoms with Crippen LogP contribution in [0.15, 0.2) is 23.1 Å². The first-order valence-electron chi connectivity index (χ1n) is 6.08. The van der Waals surface area contributed by atoms with E-state index in [1.807, 2.05) is 6.92 Å². The Kier molecular flexibility index (Phi) is 5.84. The highest BCUT2D eigenvalue weighted by atomic mass is 32.2. The topological polar surface area (TPSA) is 72.2 Å². The lowest BCUT2D eigenvalue weighted by Crippen LogP contribution is -2.40.